The Labute approximate surface area is 120 Å². The molecule has 0 radical (unpaired) electrons. The van der Waals surface area contributed by atoms with Crippen molar-refractivity contribution in [1.29, 1.82) is 0 Å². The lowest BCUT2D eigenvalue weighted by atomic mass is 9.86. The van der Waals surface area contributed by atoms with Crippen LogP contribution in [0.25, 0.3) is 0 Å². The van der Waals surface area contributed by atoms with Crippen molar-refractivity contribution >= 4 is 16.0 Å². The normalized spacial score (nSPS) is 31.1. The summed E-state index contributed by atoms with van der Waals surface area (Å²) in [7, 11) is -1.91. The van der Waals surface area contributed by atoms with E-state index in [-0.39, 0.29) is 29.8 Å². The first-order valence-corrected chi connectivity index (χ1v) is 8.85. The van der Waals surface area contributed by atoms with Gasteiger partial charge in [0.1, 0.15) is 0 Å². The second-order valence-electron chi connectivity index (χ2n) is 5.61. The zero-order valence-electron chi connectivity index (χ0n) is 11.8. The number of hydrogen-bond donors (Lipinski definition) is 1. The van der Waals surface area contributed by atoms with E-state index in [0.717, 1.165) is 12.8 Å². The van der Waals surface area contributed by atoms with Gasteiger partial charge in [0.15, 0.2) is 0 Å². The molecule has 0 amide bonds. The Morgan fingerprint density at radius 3 is 2.50 bits per heavy atom. The maximum absolute atomic E-state index is 12.0. The van der Waals surface area contributed by atoms with Crippen molar-refractivity contribution in [1.82, 2.24) is 4.72 Å². The van der Waals surface area contributed by atoms with Crippen molar-refractivity contribution in [3.8, 4) is 0 Å². The van der Waals surface area contributed by atoms with E-state index in [2.05, 4.69) is 4.72 Å². The van der Waals surface area contributed by atoms with Crippen LogP contribution in [0.2, 0.25) is 0 Å². The fraction of sp³-hybridized carbons (Fsp3) is 0.923. The molecule has 1 saturated carbocycles. The minimum atomic E-state index is -3.30. The first-order chi connectivity index (χ1) is 9.50. The van der Waals surface area contributed by atoms with E-state index in [4.69, 9.17) is 9.47 Å². The molecular formula is C13H23NO5S. The third kappa shape index (κ3) is 4.43. The van der Waals surface area contributed by atoms with Crippen molar-refractivity contribution < 1.29 is 22.7 Å². The smallest absolute Gasteiger partial charge is 0.308 e. The predicted octanol–water partition coefficient (Wildman–Crippen LogP) is 0.817. The summed E-state index contributed by atoms with van der Waals surface area (Å²) in [4.78, 5) is 11.4. The number of ether oxygens (including phenoxy) is 2. The summed E-state index contributed by atoms with van der Waals surface area (Å²) in [6, 6.07) is -0.0673. The molecule has 1 heterocycles. The van der Waals surface area contributed by atoms with Crippen LogP contribution in [-0.4, -0.2) is 46.0 Å². The lowest BCUT2D eigenvalue weighted by molar-refractivity contribution is -0.146. The maximum atomic E-state index is 12.0. The lowest BCUT2D eigenvalue weighted by Crippen LogP contribution is -2.41. The first-order valence-electron chi connectivity index (χ1n) is 7.19. The molecule has 0 aromatic rings. The standard InChI is InChI=1S/C13H23NO5S/c1-18-13(15)10-4-6-11(7-5-10)14-20(16,17)9-12-3-2-8-19-12/h10-12,14H,2-9H2,1H3. The van der Waals surface area contributed by atoms with Crippen LogP contribution in [0.5, 0.6) is 0 Å². The molecule has 1 aliphatic carbocycles. The molecule has 2 fully saturated rings. The van der Waals surface area contributed by atoms with Gasteiger partial charge in [0, 0.05) is 12.6 Å². The van der Waals surface area contributed by atoms with Crippen LogP contribution in [-0.2, 0) is 24.3 Å². The SMILES string of the molecule is COC(=O)C1CCC(NS(=O)(=O)CC2CCCO2)CC1. The lowest BCUT2D eigenvalue weighted by Gasteiger charge is -2.27. The number of rotatable bonds is 5. The van der Waals surface area contributed by atoms with Gasteiger partial charge in [-0.05, 0) is 38.5 Å². The van der Waals surface area contributed by atoms with Crippen molar-refractivity contribution in [3.05, 3.63) is 0 Å². The molecule has 2 aliphatic rings. The maximum Gasteiger partial charge on any atom is 0.308 e. The minimum Gasteiger partial charge on any atom is -0.469 e. The Balaban J connectivity index is 1.77. The third-order valence-electron chi connectivity index (χ3n) is 4.04. The predicted molar refractivity (Wildman–Crippen MR) is 73.7 cm³/mol. The molecule has 1 saturated heterocycles. The largest absolute Gasteiger partial charge is 0.469 e. The Morgan fingerprint density at radius 2 is 1.95 bits per heavy atom. The molecule has 1 aliphatic heterocycles. The molecule has 6 nitrogen and oxygen atoms in total. The first kappa shape index (κ1) is 15.7. The van der Waals surface area contributed by atoms with Gasteiger partial charge >= 0.3 is 5.97 Å². The topological polar surface area (TPSA) is 81.7 Å². The summed E-state index contributed by atoms with van der Waals surface area (Å²) in [6.07, 6.45) is 4.31. The molecule has 116 valence electrons. The van der Waals surface area contributed by atoms with E-state index in [0.29, 0.717) is 32.3 Å². The number of nitrogens with one attached hydrogen (secondary N) is 1. The summed E-state index contributed by atoms with van der Waals surface area (Å²) in [5.74, 6) is -0.228. The molecule has 0 bridgehead atoms. The van der Waals surface area contributed by atoms with Crippen molar-refractivity contribution in [2.24, 2.45) is 5.92 Å². The molecule has 0 aromatic heterocycles. The number of sulfonamides is 1. The molecule has 1 N–H and O–H groups in total. The summed E-state index contributed by atoms with van der Waals surface area (Å²) < 4.78 is 36.9. The average Bonchev–Trinajstić information content (AvgIpc) is 2.90. The summed E-state index contributed by atoms with van der Waals surface area (Å²) in [5, 5.41) is 0. The third-order valence-corrected chi connectivity index (χ3v) is 5.54. The minimum absolute atomic E-state index is 0.0456. The highest BCUT2D eigenvalue weighted by Gasteiger charge is 2.30. The zero-order chi connectivity index (χ0) is 14.6. The molecule has 20 heavy (non-hydrogen) atoms. The highest BCUT2D eigenvalue weighted by Crippen LogP contribution is 2.26. The quantitative estimate of drug-likeness (QED) is 0.760. The van der Waals surface area contributed by atoms with Crippen LogP contribution in [0.3, 0.4) is 0 Å². The van der Waals surface area contributed by atoms with Gasteiger partial charge in [0.2, 0.25) is 10.0 Å². The highest BCUT2D eigenvalue weighted by molar-refractivity contribution is 7.89. The fourth-order valence-electron chi connectivity index (χ4n) is 2.94. The van der Waals surface area contributed by atoms with E-state index in [1.807, 2.05) is 0 Å². The van der Waals surface area contributed by atoms with E-state index in [1.165, 1.54) is 7.11 Å². The van der Waals surface area contributed by atoms with Crippen LogP contribution >= 0.6 is 0 Å². The van der Waals surface area contributed by atoms with Gasteiger partial charge in [0.05, 0.1) is 24.9 Å². The molecule has 1 atom stereocenters. The van der Waals surface area contributed by atoms with Crippen molar-refractivity contribution in [2.75, 3.05) is 19.5 Å². The fourth-order valence-corrected chi connectivity index (χ4v) is 4.53. The Morgan fingerprint density at radius 1 is 1.25 bits per heavy atom. The van der Waals surface area contributed by atoms with Crippen LogP contribution in [0.1, 0.15) is 38.5 Å². The average molecular weight is 305 g/mol. The Hall–Kier alpha value is -0.660. The summed E-state index contributed by atoms with van der Waals surface area (Å²) >= 11 is 0. The molecule has 0 aromatic carbocycles. The van der Waals surface area contributed by atoms with E-state index >= 15 is 0 Å². The number of hydrogen-bond acceptors (Lipinski definition) is 5. The molecular weight excluding hydrogens is 282 g/mol. The zero-order valence-corrected chi connectivity index (χ0v) is 12.7. The molecule has 0 spiro atoms. The number of methoxy groups -OCH3 is 1. The van der Waals surface area contributed by atoms with Gasteiger partial charge in [-0.25, -0.2) is 13.1 Å². The van der Waals surface area contributed by atoms with Crippen LogP contribution in [0.4, 0.5) is 0 Å². The van der Waals surface area contributed by atoms with E-state index < -0.39 is 10.0 Å². The molecule has 1 unspecified atom stereocenters. The second-order valence-corrected chi connectivity index (χ2v) is 7.40. The van der Waals surface area contributed by atoms with E-state index in [9.17, 15) is 13.2 Å². The van der Waals surface area contributed by atoms with Crippen molar-refractivity contribution in [3.63, 3.8) is 0 Å². The van der Waals surface area contributed by atoms with Gasteiger partial charge in [-0.3, -0.25) is 4.79 Å². The highest BCUT2D eigenvalue weighted by atomic mass is 32.2. The number of carbonyl (C=O) groups is 1. The van der Waals surface area contributed by atoms with E-state index in [1.54, 1.807) is 0 Å². The second kappa shape index (κ2) is 6.87. The van der Waals surface area contributed by atoms with Gasteiger partial charge in [0.25, 0.3) is 0 Å². The van der Waals surface area contributed by atoms with Crippen LogP contribution < -0.4 is 4.72 Å². The van der Waals surface area contributed by atoms with Crippen LogP contribution in [0, 0.1) is 5.92 Å². The molecule has 7 heteroatoms. The Kier molecular flexibility index (Phi) is 5.40. The van der Waals surface area contributed by atoms with Crippen LogP contribution in [0.15, 0.2) is 0 Å². The monoisotopic (exact) mass is 305 g/mol. The van der Waals surface area contributed by atoms with Gasteiger partial charge in [-0.2, -0.15) is 0 Å². The molecule has 2 rings (SSSR count). The van der Waals surface area contributed by atoms with Gasteiger partial charge in [-0.15, -0.1) is 0 Å². The summed E-state index contributed by atoms with van der Waals surface area (Å²) in [6.45, 7) is 0.657. The Bertz CT molecular complexity index is 422. The summed E-state index contributed by atoms with van der Waals surface area (Å²) in [5.41, 5.74) is 0. The number of carbonyl (C=O) groups excluding carboxylic acids is 1. The van der Waals surface area contributed by atoms with Gasteiger partial charge < -0.3 is 9.47 Å². The van der Waals surface area contributed by atoms with Gasteiger partial charge in [-0.1, -0.05) is 0 Å². The number of esters is 1. The van der Waals surface area contributed by atoms with Crippen molar-refractivity contribution in [2.45, 2.75) is 50.7 Å².